The van der Waals surface area contributed by atoms with Crippen molar-refractivity contribution in [3.05, 3.63) is 23.8 Å². The molecule has 0 spiro atoms. The van der Waals surface area contributed by atoms with E-state index in [9.17, 15) is 4.79 Å². The maximum atomic E-state index is 11.2. The second-order valence-electron chi connectivity index (χ2n) is 4.23. The van der Waals surface area contributed by atoms with Crippen molar-refractivity contribution in [1.29, 1.82) is 0 Å². The van der Waals surface area contributed by atoms with Crippen molar-refractivity contribution in [3.8, 4) is 0 Å². The minimum Gasteiger partial charge on any atom is -0.396 e. The van der Waals surface area contributed by atoms with Gasteiger partial charge in [-0.3, -0.25) is 4.79 Å². The molecule has 0 aliphatic carbocycles. The third-order valence-corrected chi connectivity index (χ3v) is 3.18. The predicted octanol–water partition coefficient (Wildman–Crippen LogP) is 0.593. The number of hydrogen-bond acceptors (Lipinski definition) is 4. The molecule has 92 valence electrons. The third-order valence-electron chi connectivity index (χ3n) is 3.18. The summed E-state index contributed by atoms with van der Waals surface area (Å²) in [4.78, 5) is 13.3. The highest BCUT2D eigenvalue weighted by Gasteiger charge is 2.23. The molecule has 0 saturated carbocycles. The molecule has 1 aliphatic heterocycles. The molecule has 1 unspecified atom stereocenters. The molecule has 17 heavy (non-hydrogen) atoms. The van der Waals surface area contributed by atoms with Crippen LogP contribution in [0.1, 0.15) is 16.8 Å². The van der Waals surface area contributed by atoms with E-state index in [-0.39, 0.29) is 0 Å². The summed E-state index contributed by atoms with van der Waals surface area (Å²) in [6, 6.07) is 5.62. The molecule has 1 heterocycles. The van der Waals surface area contributed by atoms with Crippen molar-refractivity contribution in [2.45, 2.75) is 12.5 Å². The second-order valence-corrected chi connectivity index (χ2v) is 4.23. The van der Waals surface area contributed by atoms with Gasteiger partial charge < -0.3 is 21.1 Å². The van der Waals surface area contributed by atoms with Crippen molar-refractivity contribution in [3.63, 3.8) is 0 Å². The lowest BCUT2D eigenvalue weighted by atomic mass is 10.1. The van der Waals surface area contributed by atoms with Crippen LogP contribution in [0.15, 0.2) is 18.2 Å². The van der Waals surface area contributed by atoms with Crippen LogP contribution >= 0.6 is 0 Å². The molecule has 5 heteroatoms. The van der Waals surface area contributed by atoms with Crippen LogP contribution in [0.5, 0.6) is 0 Å². The maximum absolute atomic E-state index is 11.2. The molecule has 1 aliphatic rings. The number of primary amides is 1. The molecule has 1 aromatic carbocycles. The van der Waals surface area contributed by atoms with Gasteiger partial charge in [-0.05, 0) is 18.6 Å². The van der Waals surface area contributed by atoms with Crippen molar-refractivity contribution < 1.29 is 9.53 Å². The third kappa shape index (κ3) is 2.19. The van der Waals surface area contributed by atoms with Gasteiger partial charge in [-0.15, -0.1) is 0 Å². The molecule has 1 atom stereocenters. The minimum atomic E-state index is -0.500. The summed E-state index contributed by atoms with van der Waals surface area (Å²) in [5.41, 5.74) is 12.9. The molecule has 1 amide bonds. The summed E-state index contributed by atoms with van der Waals surface area (Å²) in [5, 5.41) is 0. The fourth-order valence-electron chi connectivity index (χ4n) is 2.10. The molecular formula is C12H17N3O2. The Hall–Kier alpha value is -1.75. The van der Waals surface area contributed by atoms with Crippen molar-refractivity contribution >= 4 is 17.3 Å². The second kappa shape index (κ2) is 4.63. The van der Waals surface area contributed by atoms with E-state index in [1.54, 1.807) is 12.1 Å². The number of nitrogens with two attached hydrogens (primary N) is 2. The van der Waals surface area contributed by atoms with E-state index in [0.717, 1.165) is 18.7 Å². The lowest BCUT2D eigenvalue weighted by molar-refractivity contribution is 0.100. The van der Waals surface area contributed by atoms with Gasteiger partial charge in [-0.2, -0.15) is 0 Å². The van der Waals surface area contributed by atoms with Crippen LogP contribution in [-0.2, 0) is 4.74 Å². The molecular weight excluding hydrogens is 218 g/mol. The van der Waals surface area contributed by atoms with Crippen LogP contribution in [-0.4, -0.2) is 32.2 Å². The minimum absolute atomic E-state index is 0.306. The average Bonchev–Trinajstić information content (AvgIpc) is 2.81. The first kappa shape index (κ1) is 11.7. The molecule has 4 N–H and O–H groups in total. The normalized spacial score (nSPS) is 19.2. The Bertz CT molecular complexity index is 428. The van der Waals surface area contributed by atoms with Gasteiger partial charge in [0.1, 0.15) is 0 Å². The van der Waals surface area contributed by atoms with Gasteiger partial charge in [0.2, 0.25) is 0 Å². The summed E-state index contributed by atoms with van der Waals surface area (Å²) in [7, 11) is 1.95. The molecule has 0 aromatic heterocycles. The average molecular weight is 235 g/mol. The van der Waals surface area contributed by atoms with E-state index in [4.69, 9.17) is 16.2 Å². The number of nitrogens with zero attached hydrogens (tertiary/aromatic N) is 1. The molecule has 5 nitrogen and oxygen atoms in total. The van der Waals surface area contributed by atoms with Crippen LogP contribution in [0, 0.1) is 0 Å². The number of para-hydroxylation sites is 1. The number of amides is 1. The summed E-state index contributed by atoms with van der Waals surface area (Å²) >= 11 is 0. The zero-order chi connectivity index (χ0) is 12.4. The van der Waals surface area contributed by atoms with Gasteiger partial charge in [0.15, 0.2) is 0 Å². The van der Waals surface area contributed by atoms with Gasteiger partial charge in [0.05, 0.1) is 29.6 Å². The molecule has 0 bridgehead atoms. The topological polar surface area (TPSA) is 81.6 Å². The first-order chi connectivity index (χ1) is 8.11. The Morgan fingerprint density at radius 3 is 2.88 bits per heavy atom. The Labute approximate surface area is 100 Å². The highest BCUT2D eigenvalue weighted by Crippen LogP contribution is 2.28. The lowest BCUT2D eigenvalue weighted by Crippen LogP contribution is -2.32. The Kier molecular flexibility index (Phi) is 3.19. The highest BCUT2D eigenvalue weighted by molar-refractivity contribution is 6.00. The predicted molar refractivity (Wildman–Crippen MR) is 67.0 cm³/mol. The highest BCUT2D eigenvalue weighted by atomic mass is 16.5. The fourth-order valence-corrected chi connectivity index (χ4v) is 2.10. The van der Waals surface area contributed by atoms with Crippen LogP contribution in [0.25, 0.3) is 0 Å². The van der Waals surface area contributed by atoms with Crippen LogP contribution in [0.2, 0.25) is 0 Å². The number of carbonyl (C=O) groups excluding carboxylic acids is 1. The van der Waals surface area contributed by atoms with Crippen LogP contribution < -0.4 is 16.4 Å². The maximum Gasteiger partial charge on any atom is 0.250 e. The van der Waals surface area contributed by atoms with Gasteiger partial charge in [0, 0.05) is 13.7 Å². The SMILES string of the molecule is CN(c1cccc(C(N)=O)c1N)C1CCOC1. The van der Waals surface area contributed by atoms with Crippen molar-refractivity contribution in [1.82, 2.24) is 0 Å². The number of likely N-dealkylation sites (N-methyl/N-ethyl adjacent to an activating group) is 1. The lowest BCUT2D eigenvalue weighted by Gasteiger charge is -2.27. The molecule has 1 aromatic rings. The van der Waals surface area contributed by atoms with E-state index in [1.807, 2.05) is 13.1 Å². The standard InChI is InChI=1S/C12H17N3O2/c1-15(8-5-6-17-7-8)10-4-2-3-9(11(10)13)12(14)16/h2-4,8H,5-7,13H2,1H3,(H2,14,16). The summed E-state index contributed by atoms with van der Waals surface area (Å²) in [6.45, 7) is 1.46. The molecule has 0 radical (unpaired) electrons. The van der Waals surface area contributed by atoms with E-state index in [0.29, 0.717) is 23.9 Å². The molecule has 2 rings (SSSR count). The number of rotatable bonds is 3. The van der Waals surface area contributed by atoms with E-state index in [1.165, 1.54) is 0 Å². The number of carbonyl (C=O) groups is 1. The van der Waals surface area contributed by atoms with Gasteiger partial charge >= 0.3 is 0 Å². The number of nitrogen functional groups attached to an aromatic ring is 1. The first-order valence-corrected chi connectivity index (χ1v) is 5.60. The van der Waals surface area contributed by atoms with E-state index >= 15 is 0 Å². The first-order valence-electron chi connectivity index (χ1n) is 5.60. The smallest absolute Gasteiger partial charge is 0.250 e. The Morgan fingerprint density at radius 1 is 1.53 bits per heavy atom. The quantitative estimate of drug-likeness (QED) is 0.751. The zero-order valence-electron chi connectivity index (χ0n) is 9.85. The zero-order valence-corrected chi connectivity index (χ0v) is 9.85. The number of ether oxygens (including phenoxy) is 1. The number of hydrogen-bond donors (Lipinski definition) is 2. The van der Waals surface area contributed by atoms with Crippen LogP contribution in [0.4, 0.5) is 11.4 Å². The van der Waals surface area contributed by atoms with Crippen molar-refractivity contribution in [2.24, 2.45) is 5.73 Å². The van der Waals surface area contributed by atoms with Crippen LogP contribution in [0.3, 0.4) is 0 Å². The summed E-state index contributed by atoms with van der Waals surface area (Å²) in [6.07, 6.45) is 0.969. The monoisotopic (exact) mass is 235 g/mol. The van der Waals surface area contributed by atoms with Gasteiger partial charge in [0.25, 0.3) is 5.91 Å². The summed E-state index contributed by atoms with van der Waals surface area (Å²) in [5.74, 6) is -0.500. The fraction of sp³-hybridized carbons (Fsp3) is 0.417. The Balaban J connectivity index is 2.31. The number of anilines is 2. The summed E-state index contributed by atoms with van der Waals surface area (Å²) < 4.78 is 5.34. The van der Waals surface area contributed by atoms with E-state index < -0.39 is 5.91 Å². The van der Waals surface area contributed by atoms with Gasteiger partial charge in [-0.1, -0.05) is 6.07 Å². The van der Waals surface area contributed by atoms with Crippen molar-refractivity contribution in [2.75, 3.05) is 30.9 Å². The van der Waals surface area contributed by atoms with E-state index in [2.05, 4.69) is 4.90 Å². The largest absolute Gasteiger partial charge is 0.396 e. The number of benzene rings is 1. The molecule has 1 saturated heterocycles. The van der Waals surface area contributed by atoms with Gasteiger partial charge in [-0.25, -0.2) is 0 Å². The molecule has 1 fully saturated rings. The Morgan fingerprint density at radius 2 is 2.29 bits per heavy atom.